The minimum absolute atomic E-state index is 0.0208. The van der Waals surface area contributed by atoms with Crippen LogP contribution in [-0.2, 0) is 4.84 Å². The van der Waals surface area contributed by atoms with E-state index in [1.54, 1.807) is 6.92 Å². The van der Waals surface area contributed by atoms with Crippen molar-refractivity contribution in [2.45, 2.75) is 26.4 Å². The first kappa shape index (κ1) is 13.9. The molecule has 1 amide bonds. The Balaban J connectivity index is 2.84. The number of benzene rings is 1. The molecular formula is C11H15N3O4. The number of carbonyl (C=O) groups is 1. The van der Waals surface area contributed by atoms with Gasteiger partial charge in [-0.25, -0.2) is 5.48 Å². The topological polar surface area (TPSA) is 107 Å². The number of nitrogens with two attached hydrogens (primary N) is 1. The number of hydrogen-bond acceptors (Lipinski definition) is 5. The highest BCUT2D eigenvalue weighted by molar-refractivity contribution is 5.99. The van der Waals surface area contributed by atoms with Gasteiger partial charge in [-0.3, -0.25) is 19.7 Å². The molecule has 0 aromatic heterocycles. The molecule has 1 rings (SSSR count). The van der Waals surface area contributed by atoms with Gasteiger partial charge in [0.1, 0.15) is 0 Å². The Hall–Kier alpha value is -2.15. The lowest BCUT2D eigenvalue weighted by Crippen LogP contribution is -2.28. The van der Waals surface area contributed by atoms with Crippen molar-refractivity contribution < 1.29 is 14.6 Å². The van der Waals surface area contributed by atoms with E-state index < -0.39 is 10.8 Å². The lowest BCUT2D eigenvalue weighted by Gasteiger charge is -2.11. The van der Waals surface area contributed by atoms with Gasteiger partial charge in [0.15, 0.2) is 0 Å². The Morgan fingerprint density at radius 1 is 1.61 bits per heavy atom. The van der Waals surface area contributed by atoms with Gasteiger partial charge in [0.2, 0.25) is 0 Å². The highest BCUT2D eigenvalue weighted by atomic mass is 16.7. The first-order valence-corrected chi connectivity index (χ1v) is 5.45. The molecule has 0 radical (unpaired) electrons. The maximum absolute atomic E-state index is 11.7. The quantitative estimate of drug-likeness (QED) is 0.471. The van der Waals surface area contributed by atoms with Crippen molar-refractivity contribution in [3.05, 3.63) is 33.9 Å². The van der Waals surface area contributed by atoms with Crippen molar-refractivity contribution in [2.75, 3.05) is 5.73 Å². The van der Waals surface area contributed by atoms with Crippen molar-refractivity contribution in [1.82, 2.24) is 5.48 Å². The van der Waals surface area contributed by atoms with E-state index >= 15 is 0 Å². The van der Waals surface area contributed by atoms with E-state index in [2.05, 4.69) is 5.48 Å². The van der Waals surface area contributed by atoms with E-state index in [0.717, 1.165) is 12.5 Å². The lowest BCUT2D eigenvalue weighted by atomic mass is 10.1. The molecule has 0 unspecified atom stereocenters. The molecule has 7 nitrogen and oxygen atoms in total. The summed E-state index contributed by atoms with van der Waals surface area (Å²) in [5, 5.41) is 10.6. The molecule has 0 fully saturated rings. The number of anilines is 1. The summed E-state index contributed by atoms with van der Waals surface area (Å²) < 4.78 is 0. The molecule has 0 heterocycles. The summed E-state index contributed by atoms with van der Waals surface area (Å²) in [5.74, 6) is -0.600. The number of nitrogen functional groups attached to an aromatic ring is 1. The van der Waals surface area contributed by atoms with Crippen LogP contribution in [0, 0.1) is 10.1 Å². The molecule has 0 aliphatic heterocycles. The molecule has 98 valence electrons. The highest BCUT2D eigenvalue weighted by Gasteiger charge is 2.15. The van der Waals surface area contributed by atoms with Crippen LogP contribution in [0.15, 0.2) is 18.2 Å². The Morgan fingerprint density at radius 2 is 2.28 bits per heavy atom. The first-order valence-electron chi connectivity index (χ1n) is 5.45. The standard InChI is InChI=1S/C11H15N3O4/c1-3-7(2)18-13-11(15)9-6-8(14(16)17)4-5-10(9)12/h4-7H,3,12H2,1-2H3,(H,13,15)/t7-/m1/s1. The third kappa shape index (κ3) is 3.42. The Labute approximate surface area is 104 Å². The number of hydrogen-bond donors (Lipinski definition) is 2. The summed E-state index contributed by atoms with van der Waals surface area (Å²) in [6, 6.07) is 3.67. The average molecular weight is 253 g/mol. The molecule has 0 spiro atoms. The van der Waals surface area contributed by atoms with E-state index in [4.69, 9.17) is 10.6 Å². The summed E-state index contributed by atoms with van der Waals surface area (Å²) in [5.41, 5.74) is 7.79. The van der Waals surface area contributed by atoms with Crippen LogP contribution >= 0.6 is 0 Å². The Kier molecular flexibility index (Phi) is 4.61. The van der Waals surface area contributed by atoms with Crippen LogP contribution in [0.1, 0.15) is 30.6 Å². The normalized spacial score (nSPS) is 11.9. The van der Waals surface area contributed by atoms with Gasteiger partial charge in [-0.2, -0.15) is 0 Å². The van der Waals surface area contributed by atoms with Crippen LogP contribution in [0.3, 0.4) is 0 Å². The number of rotatable bonds is 5. The number of nitrogens with one attached hydrogen (secondary N) is 1. The number of amides is 1. The van der Waals surface area contributed by atoms with Gasteiger partial charge in [-0.1, -0.05) is 6.92 Å². The van der Waals surface area contributed by atoms with Crippen LogP contribution in [0.5, 0.6) is 0 Å². The molecule has 0 aliphatic rings. The fourth-order valence-electron chi connectivity index (χ4n) is 1.15. The van der Waals surface area contributed by atoms with Gasteiger partial charge in [-0.05, 0) is 19.4 Å². The van der Waals surface area contributed by atoms with E-state index in [1.807, 2.05) is 6.92 Å². The fraction of sp³-hybridized carbons (Fsp3) is 0.364. The molecule has 3 N–H and O–H groups in total. The average Bonchev–Trinajstić information content (AvgIpc) is 2.35. The monoisotopic (exact) mass is 253 g/mol. The summed E-state index contributed by atoms with van der Waals surface area (Å²) in [6.07, 6.45) is 0.582. The van der Waals surface area contributed by atoms with Gasteiger partial charge in [0, 0.05) is 17.8 Å². The van der Waals surface area contributed by atoms with Gasteiger partial charge in [-0.15, -0.1) is 0 Å². The largest absolute Gasteiger partial charge is 0.398 e. The minimum Gasteiger partial charge on any atom is -0.398 e. The minimum atomic E-state index is -0.600. The SMILES string of the molecule is CC[C@@H](C)ONC(=O)c1cc([N+](=O)[O-])ccc1N. The summed E-state index contributed by atoms with van der Waals surface area (Å²) in [6.45, 7) is 3.69. The second kappa shape index (κ2) is 5.97. The second-order valence-electron chi connectivity index (χ2n) is 3.80. The highest BCUT2D eigenvalue weighted by Crippen LogP contribution is 2.19. The van der Waals surface area contributed by atoms with Crippen molar-refractivity contribution in [3.8, 4) is 0 Å². The molecule has 18 heavy (non-hydrogen) atoms. The number of hydroxylamine groups is 1. The Bertz CT molecular complexity index is 462. The number of nitrogens with zero attached hydrogens (tertiary/aromatic N) is 1. The number of non-ortho nitro benzene ring substituents is 1. The molecule has 7 heteroatoms. The molecular weight excluding hydrogens is 238 g/mol. The summed E-state index contributed by atoms with van der Waals surface area (Å²) >= 11 is 0. The summed E-state index contributed by atoms with van der Waals surface area (Å²) in [7, 11) is 0. The number of nitro benzene ring substituents is 1. The molecule has 1 aromatic carbocycles. The zero-order valence-corrected chi connectivity index (χ0v) is 10.2. The maximum atomic E-state index is 11.7. The zero-order valence-electron chi connectivity index (χ0n) is 10.2. The van der Waals surface area contributed by atoms with Crippen molar-refractivity contribution in [3.63, 3.8) is 0 Å². The van der Waals surface area contributed by atoms with E-state index in [-0.39, 0.29) is 23.0 Å². The van der Waals surface area contributed by atoms with Crippen molar-refractivity contribution in [2.24, 2.45) is 0 Å². The number of carbonyl (C=O) groups excluding carboxylic acids is 1. The van der Waals surface area contributed by atoms with Gasteiger partial charge >= 0.3 is 0 Å². The van der Waals surface area contributed by atoms with Crippen LogP contribution in [0.2, 0.25) is 0 Å². The third-order valence-electron chi connectivity index (χ3n) is 2.42. The van der Waals surface area contributed by atoms with E-state index in [1.165, 1.54) is 12.1 Å². The molecule has 1 atom stereocenters. The fourth-order valence-corrected chi connectivity index (χ4v) is 1.15. The lowest BCUT2D eigenvalue weighted by molar-refractivity contribution is -0.384. The predicted octanol–water partition coefficient (Wildman–Crippen LogP) is 1.64. The van der Waals surface area contributed by atoms with Crippen LogP contribution in [-0.4, -0.2) is 16.9 Å². The smallest absolute Gasteiger partial charge is 0.277 e. The van der Waals surface area contributed by atoms with Crippen LogP contribution < -0.4 is 11.2 Å². The Morgan fingerprint density at radius 3 is 2.83 bits per heavy atom. The van der Waals surface area contributed by atoms with Gasteiger partial charge in [0.25, 0.3) is 11.6 Å². The van der Waals surface area contributed by atoms with Gasteiger partial charge < -0.3 is 5.73 Å². The molecule has 1 aromatic rings. The van der Waals surface area contributed by atoms with E-state index in [0.29, 0.717) is 0 Å². The van der Waals surface area contributed by atoms with Crippen molar-refractivity contribution >= 4 is 17.3 Å². The number of nitro groups is 1. The molecule has 0 saturated carbocycles. The molecule has 0 aliphatic carbocycles. The van der Waals surface area contributed by atoms with Crippen LogP contribution in [0.4, 0.5) is 11.4 Å². The van der Waals surface area contributed by atoms with Crippen molar-refractivity contribution in [1.29, 1.82) is 0 Å². The second-order valence-corrected chi connectivity index (χ2v) is 3.80. The van der Waals surface area contributed by atoms with Gasteiger partial charge in [0.05, 0.1) is 16.6 Å². The first-order chi connectivity index (χ1) is 8.45. The molecule has 0 bridgehead atoms. The zero-order chi connectivity index (χ0) is 13.7. The summed E-state index contributed by atoms with van der Waals surface area (Å²) in [4.78, 5) is 26.8. The maximum Gasteiger partial charge on any atom is 0.277 e. The third-order valence-corrected chi connectivity index (χ3v) is 2.42. The molecule has 0 saturated heterocycles. The van der Waals surface area contributed by atoms with Crippen LogP contribution in [0.25, 0.3) is 0 Å². The van der Waals surface area contributed by atoms with E-state index in [9.17, 15) is 14.9 Å². The predicted molar refractivity (Wildman–Crippen MR) is 65.8 cm³/mol.